The summed E-state index contributed by atoms with van der Waals surface area (Å²) in [5.41, 5.74) is 0. The molecule has 0 saturated carbocycles. The monoisotopic (exact) mass is 200 g/mol. The van der Waals surface area contributed by atoms with Crippen LogP contribution in [-0.4, -0.2) is 31.0 Å². The van der Waals surface area contributed by atoms with Crippen molar-refractivity contribution in [1.29, 1.82) is 0 Å². The van der Waals surface area contributed by atoms with Crippen molar-refractivity contribution in [1.82, 2.24) is 0 Å². The Morgan fingerprint density at radius 2 is 2.36 bits per heavy atom. The lowest BCUT2D eigenvalue weighted by Crippen LogP contribution is -2.18. The standard InChI is InChI=1S/C11H20O3/c1-9(13-2)6-7-10(12)11-5-3-4-8-14-11/h5,9-10,12H,3-4,6-8H2,1-2H3. The maximum Gasteiger partial charge on any atom is 0.120 e. The molecule has 0 radical (unpaired) electrons. The zero-order chi connectivity index (χ0) is 10.4. The van der Waals surface area contributed by atoms with Crippen molar-refractivity contribution in [2.75, 3.05) is 13.7 Å². The van der Waals surface area contributed by atoms with Gasteiger partial charge in [-0.3, -0.25) is 0 Å². The molecule has 2 unspecified atom stereocenters. The molecule has 0 aromatic heterocycles. The molecular formula is C11H20O3. The molecule has 1 heterocycles. The largest absolute Gasteiger partial charge is 0.496 e. The van der Waals surface area contributed by atoms with E-state index in [1.807, 2.05) is 13.0 Å². The number of methoxy groups -OCH3 is 1. The molecule has 0 aliphatic carbocycles. The predicted molar refractivity (Wildman–Crippen MR) is 55.0 cm³/mol. The van der Waals surface area contributed by atoms with Gasteiger partial charge in [0.05, 0.1) is 12.7 Å². The summed E-state index contributed by atoms with van der Waals surface area (Å²) in [6.45, 7) is 2.74. The van der Waals surface area contributed by atoms with Gasteiger partial charge in [0, 0.05) is 7.11 Å². The van der Waals surface area contributed by atoms with Crippen molar-refractivity contribution in [3.63, 3.8) is 0 Å². The van der Waals surface area contributed by atoms with E-state index in [4.69, 9.17) is 9.47 Å². The van der Waals surface area contributed by atoms with E-state index in [2.05, 4.69) is 0 Å². The maximum absolute atomic E-state index is 9.77. The van der Waals surface area contributed by atoms with Crippen LogP contribution in [-0.2, 0) is 9.47 Å². The van der Waals surface area contributed by atoms with E-state index in [0.29, 0.717) is 6.42 Å². The van der Waals surface area contributed by atoms with Crippen LogP contribution in [0.25, 0.3) is 0 Å². The molecule has 14 heavy (non-hydrogen) atoms. The summed E-state index contributed by atoms with van der Waals surface area (Å²) >= 11 is 0. The van der Waals surface area contributed by atoms with Gasteiger partial charge in [0.1, 0.15) is 11.9 Å². The Balaban J connectivity index is 2.26. The minimum absolute atomic E-state index is 0.203. The summed E-state index contributed by atoms with van der Waals surface area (Å²) in [7, 11) is 1.69. The van der Waals surface area contributed by atoms with E-state index in [0.717, 1.165) is 31.6 Å². The van der Waals surface area contributed by atoms with Crippen molar-refractivity contribution in [2.45, 2.75) is 44.8 Å². The average Bonchev–Trinajstić information content (AvgIpc) is 2.26. The fraction of sp³-hybridized carbons (Fsp3) is 0.818. The molecule has 3 nitrogen and oxygen atoms in total. The second-order valence-corrected chi connectivity index (χ2v) is 3.74. The summed E-state index contributed by atoms with van der Waals surface area (Å²) < 4.78 is 10.5. The second-order valence-electron chi connectivity index (χ2n) is 3.74. The normalized spacial score (nSPS) is 20.9. The molecule has 0 bridgehead atoms. The van der Waals surface area contributed by atoms with Crippen LogP contribution in [0, 0.1) is 0 Å². The minimum Gasteiger partial charge on any atom is -0.496 e. The summed E-state index contributed by atoms with van der Waals surface area (Å²) in [5.74, 6) is 0.750. The van der Waals surface area contributed by atoms with Crippen molar-refractivity contribution in [3.8, 4) is 0 Å². The Labute approximate surface area is 85.7 Å². The SMILES string of the molecule is COC(C)CCC(O)C1=CCCCO1. The van der Waals surface area contributed by atoms with Crippen LogP contribution >= 0.6 is 0 Å². The van der Waals surface area contributed by atoms with Gasteiger partial charge < -0.3 is 14.6 Å². The van der Waals surface area contributed by atoms with Gasteiger partial charge in [0.2, 0.25) is 0 Å². The second kappa shape index (κ2) is 6.04. The van der Waals surface area contributed by atoms with E-state index in [1.165, 1.54) is 0 Å². The van der Waals surface area contributed by atoms with Crippen LogP contribution in [0.2, 0.25) is 0 Å². The molecular weight excluding hydrogens is 180 g/mol. The number of aliphatic hydroxyl groups excluding tert-OH is 1. The molecule has 82 valence electrons. The summed E-state index contributed by atoms with van der Waals surface area (Å²) in [6.07, 6.45) is 5.39. The lowest BCUT2D eigenvalue weighted by molar-refractivity contribution is 0.0617. The lowest BCUT2D eigenvalue weighted by atomic mass is 10.1. The molecule has 1 N–H and O–H groups in total. The fourth-order valence-corrected chi connectivity index (χ4v) is 1.46. The van der Waals surface area contributed by atoms with Gasteiger partial charge >= 0.3 is 0 Å². The molecule has 0 spiro atoms. The van der Waals surface area contributed by atoms with Crippen molar-refractivity contribution in [3.05, 3.63) is 11.8 Å². The quantitative estimate of drug-likeness (QED) is 0.736. The Morgan fingerprint density at radius 1 is 1.57 bits per heavy atom. The average molecular weight is 200 g/mol. The van der Waals surface area contributed by atoms with Crippen molar-refractivity contribution < 1.29 is 14.6 Å². The number of allylic oxidation sites excluding steroid dienone is 1. The van der Waals surface area contributed by atoms with E-state index < -0.39 is 6.10 Å². The molecule has 0 aromatic carbocycles. The molecule has 1 aliphatic heterocycles. The first-order valence-corrected chi connectivity index (χ1v) is 5.27. The van der Waals surface area contributed by atoms with Gasteiger partial charge in [-0.2, -0.15) is 0 Å². The molecule has 0 aromatic rings. The number of hydrogen-bond donors (Lipinski definition) is 1. The number of hydrogen-bond acceptors (Lipinski definition) is 3. The first-order chi connectivity index (χ1) is 6.74. The zero-order valence-corrected chi connectivity index (χ0v) is 9.03. The number of ether oxygens (including phenoxy) is 2. The first-order valence-electron chi connectivity index (χ1n) is 5.27. The third-order valence-electron chi connectivity index (χ3n) is 2.54. The lowest BCUT2D eigenvalue weighted by Gasteiger charge is -2.20. The Kier molecular flexibility index (Phi) is 4.98. The Morgan fingerprint density at radius 3 is 2.93 bits per heavy atom. The summed E-state index contributed by atoms with van der Waals surface area (Å²) in [5, 5.41) is 9.77. The topological polar surface area (TPSA) is 38.7 Å². The summed E-state index contributed by atoms with van der Waals surface area (Å²) in [6, 6.07) is 0. The van der Waals surface area contributed by atoms with Gasteiger partial charge in [-0.15, -0.1) is 0 Å². The first kappa shape index (κ1) is 11.5. The number of rotatable bonds is 5. The molecule has 0 amide bonds. The third-order valence-corrected chi connectivity index (χ3v) is 2.54. The van der Waals surface area contributed by atoms with Gasteiger partial charge in [0.15, 0.2) is 0 Å². The highest BCUT2D eigenvalue weighted by atomic mass is 16.5. The van der Waals surface area contributed by atoms with Crippen LogP contribution in [0.3, 0.4) is 0 Å². The van der Waals surface area contributed by atoms with Crippen LogP contribution in [0.1, 0.15) is 32.6 Å². The Hall–Kier alpha value is -0.540. The molecule has 0 fully saturated rings. The van der Waals surface area contributed by atoms with Gasteiger partial charge in [-0.1, -0.05) is 0 Å². The highest BCUT2D eigenvalue weighted by molar-refractivity contribution is 5.01. The zero-order valence-electron chi connectivity index (χ0n) is 9.03. The van der Waals surface area contributed by atoms with E-state index in [1.54, 1.807) is 7.11 Å². The molecule has 0 saturated heterocycles. The third kappa shape index (κ3) is 3.68. The number of aliphatic hydroxyl groups is 1. The van der Waals surface area contributed by atoms with E-state index >= 15 is 0 Å². The smallest absolute Gasteiger partial charge is 0.120 e. The van der Waals surface area contributed by atoms with Crippen LogP contribution in [0.4, 0.5) is 0 Å². The minimum atomic E-state index is -0.451. The molecule has 1 rings (SSSR count). The van der Waals surface area contributed by atoms with Crippen LogP contribution in [0.15, 0.2) is 11.8 Å². The molecule has 2 atom stereocenters. The maximum atomic E-state index is 9.77. The van der Waals surface area contributed by atoms with Crippen LogP contribution in [0.5, 0.6) is 0 Å². The van der Waals surface area contributed by atoms with Crippen LogP contribution < -0.4 is 0 Å². The van der Waals surface area contributed by atoms with E-state index in [9.17, 15) is 5.11 Å². The Bertz CT molecular complexity index is 189. The predicted octanol–water partition coefficient (Wildman–Crippen LogP) is 1.86. The molecule has 1 aliphatic rings. The summed E-state index contributed by atoms with van der Waals surface area (Å²) in [4.78, 5) is 0. The highest BCUT2D eigenvalue weighted by Crippen LogP contribution is 2.17. The van der Waals surface area contributed by atoms with Gasteiger partial charge in [-0.05, 0) is 38.7 Å². The van der Waals surface area contributed by atoms with E-state index in [-0.39, 0.29) is 6.10 Å². The van der Waals surface area contributed by atoms with Crippen molar-refractivity contribution in [2.24, 2.45) is 0 Å². The van der Waals surface area contributed by atoms with Gasteiger partial charge in [-0.25, -0.2) is 0 Å². The highest BCUT2D eigenvalue weighted by Gasteiger charge is 2.15. The van der Waals surface area contributed by atoms with Gasteiger partial charge in [0.25, 0.3) is 0 Å². The fourth-order valence-electron chi connectivity index (χ4n) is 1.46. The molecule has 3 heteroatoms. The van der Waals surface area contributed by atoms with Crippen molar-refractivity contribution >= 4 is 0 Å².